The molecule has 0 fully saturated rings. The third-order valence-electron chi connectivity index (χ3n) is 6.44. The number of rotatable bonds is 27. The highest BCUT2D eigenvalue weighted by Gasteiger charge is 2.21. The van der Waals surface area contributed by atoms with E-state index in [4.69, 9.17) is 18.5 Å². The second-order valence-corrected chi connectivity index (χ2v) is 13.0. The zero-order valence-corrected chi connectivity index (χ0v) is 26.5. The van der Waals surface area contributed by atoms with Gasteiger partial charge in [-0.15, -0.1) is 0 Å². The van der Waals surface area contributed by atoms with Crippen molar-refractivity contribution >= 4 is 19.8 Å². The highest BCUT2D eigenvalue weighted by Crippen LogP contribution is 2.38. The largest absolute Gasteiger partial charge is 0.756 e. The minimum Gasteiger partial charge on any atom is -0.756 e. The van der Waals surface area contributed by atoms with E-state index in [1.807, 2.05) is 21.1 Å². The number of phosphoric ester groups is 1. The van der Waals surface area contributed by atoms with Crippen molar-refractivity contribution < 1.29 is 42.1 Å². The van der Waals surface area contributed by atoms with Crippen LogP contribution in [-0.4, -0.2) is 70.0 Å². The maximum Gasteiger partial charge on any atom is 0.306 e. The number of hydrogen-bond donors (Lipinski definition) is 0. The number of hydrogen-bond acceptors (Lipinski definition) is 8. The Hall–Kier alpha value is -0.990. The van der Waals surface area contributed by atoms with Gasteiger partial charge in [0.25, 0.3) is 7.82 Å². The van der Waals surface area contributed by atoms with Gasteiger partial charge < -0.3 is 27.9 Å². The molecule has 0 rings (SSSR count). The van der Waals surface area contributed by atoms with Crippen LogP contribution in [0.4, 0.5) is 0 Å². The Labute approximate surface area is 238 Å². The number of esters is 2. The predicted octanol–water partition coefficient (Wildman–Crippen LogP) is 6.32. The van der Waals surface area contributed by atoms with Gasteiger partial charge in [0, 0.05) is 13.3 Å². The molecule has 0 aromatic rings. The van der Waals surface area contributed by atoms with Crippen molar-refractivity contribution in [1.82, 2.24) is 0 Å². The fourth-order valence-corrected chi connectivity index (χ4v) is 4.76. The first kappa shape index (κ1) is 38.0. The normalized spacial score (nSPS) is 14.1. The van der Waals surface area contributed by atoms with Crippen LogP contribution in [0.3, 0.4) is 0 Å². The standard InChI is InChI=1S/C29H58NO8P/c1-6-7-8-9-10-11-12-13-14-15-16-17-18-19-20-21-22-29(32)38-28(25-35-27(2)31)26-37-39(33,34)36-24-23-30(3,4)5/h28H,6-26H2,1-5H3. The van der Waals surface area contributed by atoms with Crippen LogP contribution in [0.1, 0.15) is 123 Å². The molecule has 0 spiro atoms. The first-order chi connectivity index (χ1) is 18.4. The maximum atomic E-state index is 12.3. The van der Waals surface area contributed by atoms with Gasteiger partial charge in [-0.05, 0) is 6.42 Å². The lowest BCUT2D eigenvalue weighted by Crippen LogP contribution is -2.37. The SMILES string of the molecule is CCCCCCCCCCCCCCCCCCC(=O)OC(COC(C)=O)COP(=O)([O-])OCC[N+](C)(C)C. The smallest absolute Gasteiger partial charge is 0.306 e. The minimum absolute atomic E-state index is 0.0298. The molecule has 2 unspecified atom stereocenters. The Kier molecular flexibility index (Phi) is 23.1. The summed E-state index contributed by atoms with van der Waals surface area (Å²) in [4.78, 5) is 35.4. The van der Waals surface area contributed by atoms with Crippen LogP contribution in [0.15, 0.2) is 0 Å². The zero-order chi connectivity index (χ0) is 29.4. The molecule has 0 N–H and O–H groups in total. The van der Waals surface area contributed by atoms with Crippen LogP contribution in [0.25, 0.3) is 0 Å². The fraction of sp³-hybridized carbons (Fsp3) is 0.931. The summed E-state index contributed by atoms with van der Waals surface area (Å²) in [6.07, 6.45) is 19.2. The van der Waals surface area contributed by atoms with Crippen LogP contribution < -0.4 is 4.89 Å². The molecule has 0 radical (unpaired) electrons. The van der Waals surface area contributed by atoms with Gasteiger partial charge in [0.15, 0.2) is 6.10 Å². The Morgan fingerprint density at radius 1 is 0.744 bits per heavy atom. The third-order valence-corrected chi connectivity index (χ3v) is 7.40. The molecule has 10 heteroatoms. The summed E-state index contributed by atoms with van der Waals surface area (Å²) in [5, 5.41) is 0. The third kappa shape index (κ3) is 28.3. The van der Waals surface area contributed by atoms with Crippen LogP contribution >= 0.6 is 7.82 Å². The lowest BCUT2D eigenvalue weighted by molar-refractivity contribution is -0.870. The number of likely N-dealkylation sites (N-methyl/N-ethyl adjacent to an activating group) is 1. The number of ether oxygens (including phenoxy) is 2. The van der Waals surface area contributed by atoms with Crippen LogP contribution in [0.2, 0.25) is 0 Å². The van der Waals surface area contributed by atoms with Crippen molar-refractivity contribution in [1.29, 1.82) is 0 Å². The Balaban J connectivity index is 3.95. The second kappa shape index (κ2) is 23.7. The lowest BCUT2D eigenvalue weighted by atomic mass is 10.0. The molecule has 39 heavy (non-hydrogen) atoms. The van der Waals surface area contributed by atoms with Crippen LogP contribution in [0.5, 0.6) is 0 Å². The quantitative estimate of drug-likeness (QED) is 0.0481. The van der Waals surface area contributed by atoms with E-state index in [-0.39, 0.29) is 19.6 Å². The van der Waals surface area contributed by atoms with Crippen LogP contribution in [0, 0.1) is 0 Å². The molecule has 0 bridgehead atoms. The number of carbonyl (C=O) groups excluding carboxylic acids is 2. The molecule has 0 amide bonds. The molecule has 0 saturated carbocycles. The Morgan fingerprint density at radius 2 is 1.21 bits per heavy atom. The van der Waals surface area contributed by atoms with Gasteiger partial charge in [0.2, 0.25) is 0 Å². The topological polar surface area (TPSA) is 111 Å². The van der Waals surface area contributed by atoms with Gasteiger partial charge >= 0.3 is 11.9 Å². The van der Waals surface area contributed by atoms with Crippen molar-refractivity contribution in [3.63, 3.8) is 0 Å². The molecule has 0 saturated heterocycles. The van der Waals surface area contributed by atoms with Gasteiger partial charge in [-0.1, -0.05) is 103 Å². The molecule has 9 nitrogen and oxygen atoms in total. The highest BCUT2D eigenvalue weighted by atomic mass is 31.2. The predicted molar refractivity (Wildman–Crippen MR) is 153 cm³/mol. The molecular formula is C29H58NO8P. The van der Waals surface area contributed by atoms with E-state index in [1.54, 1.807) is 0 Å². The van der Waals surface area contributed by atoms with Crippen molar-refractivity contribution in [3.05, 3.63) is 0 Å². The van der Waals surface area contributed by atoms with E-state index in [1.165, 1.54) is 90.4 Å². The zero-order valence-electron chi connectivity index (χ0n) is 25.6. The lowest BCUT2D eigenvalue weighted by Gasteiger charge is -2.28. The van der Waals surface area contributed by atoms with Crippen LogP contribution in [-0.2, 0) is 32.7 Å². The molecular weight excluding hydrogens is 521 g/mol. The average Bonchev–Trinajstić information content (AvgIpc) is 2.84. The molecule has 0 aliphatic carbocycles. The van der Waals surface area contributed by atoms with E-state index in [0.29, 0.717) is 17.4 Å². The first-order valence-corrected chi connectivity index (χ1v) is 16.6. The van der Waals surface area contributed by atoms with Crippen molar-refractivity contribution in [2.24, 2.45) is 0 Å². The molecule has 2 atom stereocenters. The number of phosphoric acid groups is 1. The summed E-state index contributed by atoms with van der Waals surface area (Å²) < 4.78 is 32.5. The Bertz CT molecular complexity index is 668. The highest BCUT2D eigenvalue weighted by molar-refractivity contribution is 7.45. The summed E-state index contributed by atoms with van der Waals surface area (Å²) in [5.41, 5.74) is 0. The van der Waals surface area contributed by atoms with Crippen molar-refractivity contribution in [2.75, 3.05) is 47.5 Å². The molecule has 0 aromatic heterocycles. The molecule has 232 valence electrons. The summed E-state index contributed by atoms with van der Waals surface area (Å²) in [7, 11) is 1.16. The average molecular weight is 580 g/mol. The first-order valence-electron chi connectivity index (χ1n) is 15.2. The van der Waals surface area contributed by atoms with E-state index < -0.39 is 32.5 Å². The van der Waals surface area contributed by atoms with Gasteiger partial charge in [-0.2, -0.15) is 0 Å². The molecule has 0 aliphatic heterocycles. The van der Waals surface area contributed by atoms with Crippen molar-refractivity contribution in [3.8, 4) is 0 Å². The summed E-state index contributed by atoms with van der Waals surface area (Å²) >= 11 is 0. The summed E-state index contributed by atoms with van der Waals surface area (Å²) in [5.74, 6) is -1.02. The Morgan fingerprint density at radius 3 is 1.64 bits per heavy atom. The number of unbranched alkanes of at least 4 members (excludes halogenated alkanes) is 15. The molecule has 0 heterocycles. The number of nitrogens with zero attached hydrogens (tertiary/aromatic N) is 1. The maximum absolute atomic E-state index is 12.3. The van der Waals surface area contributed by atoms with E-state index in [9.17, 15) is 19.0 Å². The van der Waals surface area contributed by atoms with Gasteiger partial charge in [-0.25, -0.2) is 0 Å². The van der Waals surface area contributed by atoms with E-state index >= 15 is 0 Å². The monoisotopic (exact) mass is 579 g/mol. The molecule has 0 aliphatic rings. The number of quaternary nitrogens is 1. The van der Waals surface area contributed by atoms with Gasteiger partial charge in [0.05, 0.1) is 27.7 Å². The molecule has 0 aromatic carbocycles. The fourth-order valence-electron chi connectivity index (χ4n) is 4.03. The van der Waals surface area contributed by atoms with E-state index in [0.717, 1.165) is 12.8 Å². The van der Waals surface area contributed by atoms with E-state index in [2.05, 4.69) is 6.92 Å². The van der Waals surface area contributed by atoms with Gasteiger partial charge in [0.1, 0.15) is 19.8 Å². The summed E-state index contributed by atoms with van der Waals surface area (Å²) in [6.45, 7) is 3.18. The second-order valence-electron chi connectivity index (χ2n) is 11.6. The number of carbonyl (C=O) groups is 2. The van der Waals surface area contributed by atoms with Crippen molar-refractivity contribution in [2.45, 2.75) is 129 Å². The minimum atomic E-state index is -4.57. The van der Waals surface area contributed by atoms with Gasteiger partial charge in [-0.3, -0.25) is 14.2 Å². The summed E-state index contributed by atoms with van der Waals surface area (Å²) in [6, 6.07) is 0.